The molecule has 1 aliphatic rings. The highest BCUT2D eigenvalue weighted by molar-refractivity contribution is 7.13. The largest absolute Gasteiger partial charge is 0.308 e. The quantitative estimate of drug-likeness (QED) is 0.755. The van der Waals surface area contributed by atoms with Crippen molar-refractivity contribution < 1.29 is 0 Å². The van der Waals surface area contributed by atoms with E-state index in [1.165, 1.54) is 0 Å². The van der Waals surface area contributed by atoms with Crippen molar-refractivity contribution in [3.8, 4) is 22.2 Å². The second-order valence-electron chi connectivity index (χ2n) is 4.40. The molecule has 0 unspecified atom stereocenters. The summed E-state index contributed by atoms with van der Waals surface area (Å²) in [5.41, 5.74) is 1.63. The van der Waals surface area contributed by atoms with Gasteiger partial charge in [0.15, 0.2) is 5.82 Å². The Hall–Kier alpha value is -2.19. The predicted octanol–water partition coefficient (Wildman–Crippen LogP) is 0.962. The van der Waals surface area contributed by atoms with Crippen LogP contribution in [0.1, 0.15) is 5.82 Å². The van der Waals surface area contributed by atoms with Gasteiger partial charge in [0.2, 0.25) is 0 Å². The average Bonchev–Trinajstić information content (AvgIpc) is 3.14. The molecule has 0 atom stereocenters. The minimum absolute atomic E-state index is 0.758. The van der Waals surface area contributed by atoms with Crippen LogP contribution in [-0.4, -0.2) is 36.3 Å². The SMILES string of the molecule is c1cnc(-c2nc(-c3nnc4n3CCNC4)cs2)cn1. The van der Waals surface area contributed by atoms with Gasteiger partial charge in [0.25, 0.3) is 0 Å². The van der Waals surface area contributed by atoms with Crippen LogP contribution < -0.4 is 5.32 Å². The molecule has 0 spiro atoms. The van der Waals surface area contributed by atoms with Crippen LogP contribution in [0.3, 0.4) is 0 Å². The van der Waals surface area contributed by atoms with Crippen LogP contribution in [0.25, 0.3) is 22.2 Å². The van der Waals surface area contributed by atoms with E-state index in [1.54, 1.807) is 29.9 Å². The average molecular weight is 285 g/mol. The Morgan fingerprint density at radius 2 is 2.20 bits per heavy atom. The highest BCUT2D eigenvalue weighted by atomic mass is 32.1. The fourth-order valence-corrected chi connectivity index (χ4v) is 2.94. The zero-order valence-corrected chi connectivity index (χ0v) is 11.3. The van der Waals surface area contributed by atoms with Crippen LogP contribution in [-0.2, 0) is 13.1 Å². The second-order valence-corrected chi connectivity index (χ2v) is 5.25. The minimum Gasteiger partial charge on any atom is -0.308 e. The Morgan fingerprint density at radius 1 is 1.20 bits per heavy atom. The highest BCUT2D eigenvalue weighted by Gasteiger charge is 2.19. The first-order valence-corrected chi connectivity index (χ1v) is 7.15. The summed E-state index contributed by atoms with van der Waals surface area (Å²) in [5, 5.41) is 14.6. The molecule has 100 valence electrons. The van der Waals surface area contributed by atoms with Gasteiger partial charge in [-0.15, -0.1) is 21.5 Å². The molecule has 1 N–H and O–H groups in total. The standard InChI is InChI=1S/C12H11N7S/c1-2-15-8(5-13-1)12-16-9(7-20-12)11-18-17-10-6-14-3-4-19(10)11/h1-2,5,7,14H,3-4,6H2. The molecule has 4 rings (SSSR count). The molecule has 0 amide bonds. The lowest BCUT2D eigenvalue weighted by Gasteiger charge is -2.15. The molecule has 0 saturated carbocycles. The zero-order valence-electron chi connectivity index (χ0n) is 10.5. The first-order chi connectivity index (χ1) is 9.92. The molecule has 0 aromatic carbocycles. The van der Waals surface area contributed by atoms with E-state index in [0.29, 0.717) is 0 Å². The molecule has 3 aromatic rings. The summed E-state index contributed by atoms with van der Waals surface area (Å²) in [7, 11) is 0. The summed E-state index contributed by atoms with van der Waals surface area (Å²) in [6.07, 6.45) is 5.03. The van der Waals surface area contributed by atoms with Gasteiger partial charge in [-0.1, -0.05) is 0 Å². The smallest absolute Gasteiger partial charge is 0.183 e. The van der Waals surface area contributed by atoms with Gasteiger partial charge in [-0.05, 0) is 0 Å². The molecule has 0 radical (unpaired) electrons. The summed E-state index contributed by atoms with van der Waals surface area (Å²) in [4.78, 5) is 12.9. The lowest BCUT2D eigenvalue weighted by molar-refractivity contribution is 0.508. The Labute approximate surface area is 118 Å². The number of nitrogens with zero attached hydrogens (tertiary/aromatic N) is 6. The lowest BCUT2D eigenvalue weighted by Crippen LogP contribution is -2.28. The highest BCUT2D eigenvalue weighted by Crippen LogP contribution is 2.27. The molecule has 3 aromatic heterocycles. The molecular weight excluding hydrogens is 274 g/mol. The van der Waals surface area contributed by atoms with Crippen molar-refractivity contribution in [2.45, 2.75) is 13.1 Å². The minimum atomic E-state index is 0.758. The van der Waals surface area contributed by atoms with Crippen molar-refractivity contribution in [1.29, 1.82) is 0 Å². The molecule has 8 heteroatoms. The third-order valence-electron chi connectivity index (χ3n) is 3.14. The van der Waals surface area contributed by atoms with Crippen molar-refractivity contribution in [3.63, 3.8) is 0 Å². The third kappa shape index (κ3) is 1.89. The summed E-state index contributed by atoms with van der Waals surface area (Å²) in [6.45, 7) is 2.56. The molecule has 0 aliphatic carbocycles. The van der Waals surface area contributed by atoms with E-state index in [-0.39, 0.29) is 0 Å². The fraction of sp³-hybridized carbons (Fsp3) is 0.250. The van der Waals surface area contributed by atoms with E-state index in [0.717, 1.165) is 47.7 Å². The van der Waals surface area contributed by atoms with E-state index >= 15 is 0 Å². The van der Waals surface area contributed by atoms with Gasteiger partial charge in [-0.2, -0.15) is 0 Å². The summed E-state index contributed by atoms with van der Waals surface area (Å²) in [5.74, 6) is 1.79. The normalized spacial score (nSPS) is 14.2. The first kappa shape index (κ1) is 11.6. The lowest BCUT2D eigenvalue weighted by atomic mass is 10.3. The summed E-state index contributed by atoms with van der Waals surface area (Å²) < 4.78 is 2.12. The monoisotopic (exact) mass is 285 g/mol. The van der Waals surface area contributed by atoms with E-state index < -0.39 is 0 Å². The number of hydrogen-bond donors (Lipinski definition) is 1. The van der Waals surface area contributed by atoms with Crippen LogP contribution in [0.5, 0.6) is 0 Å². The Kier molecular flexibility index (Phi) is 2.75. The van der Waals surface area contributed by atoms with E-state index in [4.69, 9.17) is 0 Å². The van der Waals surface area contributed by atoms with Crippen molar-refractivity contribution in [2.75, 3.05) is 6.54 Å². The molecule has 0 saturated heterocycles. The topological polar surface area (TPSA) is 81.4 Å². The summed E-state index contributed by atoms with van der Waals surface area (Å²) >= 11 is 1.54. The number of hydrogen-bond acceptors (Lipinski definition) is 7. The Balaban J connectivity index is 1.74. The number of thiazole rings is 1. The van der Waals surface area contributed by atoms with Crippen molar-refractivity contribution in [3.05, 3.63) is 29.8 Å². The molecule has 20 heavy (non-hydrogen) atoms. The number of fused-ring (bicyclic) bond motifs is 1. The summed E-state index contributed by atoms with van der Waals surface area (Å²) in [6, 6.07) is 0. The van der Waals surface area contributed by atoms with Gasteiger partial charge >= 0.3 is 0 Å². The molecule has 4 heterocycles. The molecule has 0 fully saturated rings. The van der Waals surface area contributed by atoms with Crippen molar-refractivity contribution in [1.82, 2.24) is 35.0 Å². The van der Waals surface area contributed by atoms with Crippen LogP contribution in [0.4, 0.5) is 0 Å². The Morgan fingerprint density at radius 3 is 3.10 bits per heavy atom. The van der Waals surface area contributed by atoms with Crippen LogP contribution in [0.2, 0.25) is 0 Å². The number of aromatic nitrogens is 6. The van der Waals surface area contributed by atoms with Crippen LogP contribution in [0.15, 0.2) is 24.0 Å². The number of nitrogens with one attached hydrogen (secondary N) is 1. The van der Waals surface area contributed by atoms with Gasteiger partial charge in [-0.25, -0.2) is 4.98 Å². The third-order valence-corrected chi connectivity index (χ3v) is 4.00. The van der Waals surface area contributed by atoms with E-state index in [1.807, 2.05) is 5.38 Å². The fourth-order valence-electron chi connectivity index (χ4n) is 2.19. The maximum absolute atomic E-state index is 4.60. The van der Waals surface area contributed by atoms with Crippen LogP contribution in [0, 0.1) is 0 Å². The zero-order chi connectivity index (χ0) is 13.4. The van der Waals surface area contributed by atoms with Gasteiger partial charge < -0.3 is 9.88 Å². The Bertz CT molecular complexity index is 733. The van der Waals surface area contributed by atoms with Gasteiger partial charge in [-0.3, -0.25) is 9.97 Å². The molecule has 0 bridgehead atoms. The van der Waals surface area contributed by atoms with Gasteiger partial charge in [0.05, 0.1) is 12.7 Å². The molecule has 1 aliphatic heterocycles. The maximum atomic E-state index is 4.60. The van der Waals surface area contributed by atoms with Gasteiger partial charge in [0.1, 0.15) is 22.2 Å². The molecular formula is C12H11N7S. The maximum Gasteiger partial charge on any atom is 0.183 e. The second kappa shape index (κ2) is 4.73. The van der Waals surface area contributed by atoms with Crippen molar-refractivity contribution >= 4 is 11.3 Å². The van der Waals surface area contributed by atoms with E-state index in [2.05, 4.69) is 35.0 Å². The van der Waals surface area contributed by atoms with Crippen LogP contribution >= 0.6 is 11.3 Å². The van der Waals surface area contributed by atoms with E-state index in [9.17, 15) is 0 Å². The first-order valence-electron chi connectivity index (χ1n) is 6.27. The molecule has 7 nitrogen and oxygen atoms in total. The number of rotatable bonds is 2. The predicted molar refractivity (Wildman–Crippen MR) is 73.9 cm³/mol. The van der Waals surface area contributed by atoms with Crippen molar-refractivity contribution in [2.24, 2.45) is 0 Å². The van der Waals surface area contributed by atoms with Gasteiger partial charge in [0, 0.05) is 30.9 Å².